The van der Waals surface area contributed by atoms with Crippen LogP contribution in [0, 0.1) is 11.8 Å². The van der Waals surface area contributed by atoms with Gasteiger partial charge >= 0.3 is 5.97 Å². The lowest BCUT2D eigenvalue weighted by Crippen LogP contribution is -2.17. The molecule has 1 aliphatic rings. The molecule has 3 N–H and O–H groups in total. The molecule has 8 nitrogen and oxygen atoms in total. The molecule has 1 aliphatic carbocycles. The Balaban J connectivity index is 1.79. The number of amides is 1. The number of H-pyrrole nitrogens is 1. The summed E-state index contributed by atoms with van der Waals surface area (Å²) in [6.45, 7) is 0. The van der Waals surface area contributed by atoms with E-state index in [9.17, 15) is 9.59 Å². The molecule has 0 spiro atoms. The van der Waals surface area contributed by atoms with E-state index >= 15 is 0 Å². The van der Waals surface area contributed by atoms with Crippen molar-refractivity contribution in [2.24, 2.45) is 11.8 Å². The molecular formula is C10H9N5O3. The van der Waals surface area contributed by atoms with Crippen molar-refractivity contribution < 1.29 is 14.7 Å². The van der Waals surface area contributed by atoms with E-state index in [0.717, 1.165) is 0 Å². The van der Waals surface area contributed by atoms with Crippen LogP contribution < -0.4 is 5.32 Å². The number of hydrogen-bond donors (Lipinski definition) is 3. The summed E-state index contributed by atoms with van der Waals surface area (Å²) in [6, 6.07) is 0. The zero-order valence-electron chi connectivity index (χ0n) is 9.12. The van der Waals surface area contributed by atoms with Gasteiger partial charge in [0.05, 0.1) is 18.2 Å². The highest BCUT2D eigenvalue weighted by Gasteiger charge is 2.48. The first kappa shape index (κ1) is 10.6. The third-order valence-electron chi connectivity index (χ3n) is 2.91. The van der Waals surface area contributed by atoms with Gasteiger partial charge in [0, 0.05) is 0 Å². The van der Waals surface area contributed by atoms with Crippen LogP contribution in [0.1, 0.15) is 6.42 Å². The molecule has 2 aromatic rings. The number of imidazole rings is 1. The molecule has 2 atom stereocenters. The van der Waals surface area contributed by atoms with Crippen LogP contribution in [0.3, 0.4) is 0 Å². The number of carbonyl (C=O) groups is 2. The van der Waals surface area contributed by atoms with E-state index in [4.69, 9.17) is 5.11 Å². The van der Waals surface area contributed by atoms with Crippen molar-refractivity contribution in [1.82, 2.24) is 19.9 Å². The summed E-state index contributed by atoms with van der Waals surface area (Å²) in [5, 5.41) is 11.3. The SMILES string of the molecule is O=C(O)[C@H]1C[C@H]1C(=O)Nc1ncnc2nc[nH]c12. The number of aromatic amines is 1. The average Bonchev–Trinajstić information content (AvgIpc) is 3.01. The lowest BCUT2D eigenvalue weighted by Gasteiger charge is -2.03. The number of nitrogens with one attached hydrogen (secondary N) is 2. The van der Waals surface area contributed by atoms with E-state index in [0.29, 0.717) is 23.4 Å². The van der Waals surface area contributed by atoms with Crippen molar-refractivity contribution in [2.75, 3.05) is 5.32 Å². The molecule has 0 saturated heterocycles. The monoisotopic (exact) mass is 247 g/mol. The molecule has 0 unspecified atom stereocenters. The Labute approximate surface area is 100 Å². The lowest BCUT2D eigenvalue weighted by molar-refractivity contribution is -0.139. The molecule has 1 fully saturated rings. The first-order valence-corrected chi connectivity index (χ1v) is 5.34. The highest BCUT2D eigenvalue weighted by Crippen LogP contribution is 2.39. The quantitative estimate of drug-likeness (QED) is 0.702. The molecule has 0 aliphatic heterocycles. The van der Waals surface area contributed by atoms with Crippen LogP contribution >= 0.6 is 0 Å². The largest absolute Gasteiger partial charge is 0.481 e. The van der Waals surface area contributed by atoms with Gasteiger partial charge in [0.15, 0.2) is 11.5 Å². The molecule has 0 aromatic carbocycles. The Hall–Kier alpha value is -2.51. The number of aromatic nitrogens is 4. The van der Waals surface area contributed by atoms with Gasteiger partial charge in [0.25, 0.3) is 0 Å². The smallest absolute Gasteiger partial charge is 0.307 e. The van der Waals surface area contributed by atoms with Gasteiger partial charge in [0.2, 0.25) is 5.91 Å². The van der Waals surface area contributed by atoms with Crippen molar-refractivity contribution >= 4 is 28.9 Å². The summed E-state index contributed by atoms with van der Waals surface area (Å²) in [5.41, 5.74) is 0.976. The minimum absolute atomic E-state index is 0.318. The number of carboxylic acids is 1. The van der Waals surface area contributed by atoms with Crippen LogP contribution in [0.2, 0.25) is 0 Å². The van der Waals surface area contributed by atoms with Gasteiger partial charge in [-0.1, -0.05) is 0 Å². The molecular weight excluding hydrogens is 238 g/mol. The maximum Gasteiger partial charge on any atom is 0.307 e. The normalized spacial score (nSPS) is 21.8. The second-order valence-corrected chi connectivity index (χ2v) is 4.10. The van der Waals surface area contributed by atoms with Gasteiger partial charge in [0.1, 0.15) is 11.8 Å². The van der Waals surface area contributed by atoms with Crippen molar-refractivity contribution in [3.8, 4) is 0 Å². The van der Waals surface area contributed by atoms with Gasteiger partial charge < -0.3 is 15.4 Å². The van der Waals surface area contributed by atoms with Crippen molar-refractivity contribution in [3.05, 3.63) is 12.7 Å². The topological polar surface area (TPSA) is 121 Å². The van der Waals surface area contributed by atoms with Crippen LogP contribution in [-0.2, 0) is 9.59 Å². The minimum atomic E-state index is -0.940. The standard InChI is InChI=1S/C10H9N5O3/c16-9(4-1-5(4)10(17)18)15-8-6-7(12-2-11-6)13-3-14-8/h2-5H,1H2,(H,17,18)(H2,11,12,13,14,15,16)/t4-,5+/m1/s1. The molecule has 2 heterocycles. The zero-order chi connectivity index (χ0) is 12.7. The number of carbonyl (C=O) groups excluding carboxylic acids is 1. The van der Waals surface area contributed by atoms with Crippen molar-refractivity contribution in [2.45, 2.75) is 6.42 Å². The number of aliphatic carboxylic acids is 1. The Morgan fingerprint density at radius 2 is 2.17 bits per heavy atom. The first-order valence-electron chi connectivity index (χ1n) is 5.34. The Bertz CT molecular complexity index is 637. The van der Waals surface area contributed by atoms with E-state index in [2.05, 4.69) is 25.3 Å². The van der Waals surface area contributed by atoms with Crippen LogP contribution in [0.25, 0.3) is 11.2 Å². The molecule has 8 heteroatoms. The van der Waals surface area contributed by atoms with Crippen molar-refractivity contribution in [3.63, 3.8) is 0 Å². The fourth-order valence-electron chi connectivity index (χ4n) is 1.83. The zero-order valence-corrected chi connectivity index (χ0v) is 9.12. The van der Waals surface area contributed by atoms with Gasteiger partial charge in [-0.15, -0.1) is 0 Å². The molecule has 1 amide bonds. The summed E-state index contributed by atoms with van der Waals surface area (Å²) in [7, 11) is 0. The van der Waals surface area contributed by atoms with E-state index in [-0.39, 0.29) is 5.91 Å². The third-order valence-corrected chi connectivity index (χ3v) is 2.91. The molecule has 0 bridgehead atoms. The summed E-state index contributed by atoms with van der Waals surface area (Å²) in [5.74, 6) is -2.01. The highest BCUT2D eigenvalue weighted by molar-refractivity contribution is 6.01. The maximum atomic E-state index is 11.8. The highest BCUT2D eigenvalue weighted by atomic mass is 16.4. The first-order chi connectivity index (χ1) is 8.66. The second kappa shape index (κ2) is 3.76. The summed E-state index contributed by atoms with van der Waals surface area (Å²) in [6.07, 6.45) is 3.12. The second-order valence-electron chi connectivity index (χ2n) is 4.10. The van der Waals surface area contributed by atoms with Crippen LogP contribution in [0.5, 0.6) is 0 Å². The molecule has 3 rings (SSSR count). The summed E-state index contributed by atoms with van der Waals surface area (Å²) >= 11 is 0. The Morgan fingerprint density at radius 1 is 1.33 bits per heavy atom. The van der Waals surface area contributed by atoms with E-state index in [1.54, 1.807) is 0 Å². The molecule has 1 saturated carbocycles. The maximum absolute atomic E-state index is 11.8. The number of rotatable bonds is 3. The summed E-state index contributed by atoms with van der Waals surface area (Å²) in [4.78, 5) is 37.1. The predicted molar refractivity (Wildman–Crippen MR) is 59.5 cm³/mol. The lowest BCUT2D eigenvalue weighted by atomic mass is 10.3. The van der Waals surface area contributed by atoms with Crippen LogP contribution in [0.15, 0.2) is 12.7 Å². The van der Waals surface area contributed by atoms with E-state index in [1.165, 1.54) is 12.7 Å². The van der Waals surface area contributed by atoms with E-state index < -0.39 is 17.8 Å². The number of fused-ring (bicyclic) bond motifs is 1. The van der Waals surface area contributed by atoms with Crippen LogP contribution in [-0.4, -0.2) is 36.9 Å². The average molecular weight is 247 g/mol. The van der Waals surface area contributed by atoms with Gasteiger partial charge in [-0.3, -0.25) is 9.59 Å². The molecule has 2 aromatic heterocycles. The Kier molecular flexibility index (Phi) is 2.22. The summed E-state index contributed by atoms with van der Waals surface area (Å²) < 4.78 is 0. The van der Waals surface area contributed by atoms with Crippen LogP contribution in [0.4, 0.5) is 5.82 Å². The number of anilines is 1. The third kappa shape index (κ3) is 1.67. The van der Waals surface area contributed by atoms with Gasteiger partial charge in [-0.05, 0) is 6.42 Å². The van der Waals surface area contributed by atoms with Crippen molar-refractivity contribution in [1.29, 1.82) is 0 Å². The predicted octanol–water partition coefficient (Wildman–Crippen LogP) is 0.0121. The number of hydrogen-bond acceptors (Lipinski definition) is 5. The fraction of sp³-hybridized carbons (Fsp3) is 0.300. The Morgan fingerprint density at radius 3 is 2.89 bits per heavy atom. The molecule has 18 heavy (non-hydrogen) atoms. The number of nitrogens with zero attached hydrogens (tertiary/aromatic N) is 3. The molecule has 92 valence electrons. The van der Waals surface area contributed by atoms with Gasteiger partial charge in [-0.2, -0.15) is 0 Å². The van der Waals surface area contributed by atoms with E-state index in [1.807, 2.05) is 0 Å². The molecule has 0 radical (unpaired) electrons. The number of carboxylic acid groups (broad SMARTS) is 1. The minimum Gasteiger partial charge on any atom is -0.481 e. The van der Waals surface area contributed by atoms with Gasteiger partial charge in [-0.25, -0.2) is 15.0 Å². The fourth-order valence-corrected chi connectivity index (χ4v) is 1.83.